The fourth-order valence-corrected chi connectivity index (χ4v) is 3.96. The van der Waals surface area contributed by atoms with Crippen LogP contribution in [0.15, 0.2) is 35.2 Å². The summed E-state index contributed by atoms with van der Waals surface area (Å²) in [6, 6.07) is 8.27. The van der Waals surface area contributed by atoms with Crippen LogP contribution in [-0.2, 0) is 10.0 Å². The van der Waals surface area contributed by atoms with Gasteiger partial charge in [-0.1, -0.05) is 6.07 Å². The molecular formula is C19H22N2O5S. The van der Waals surface area contributed by atoms with Gasteiger partial charge in [0.25, 0.3) is 5.91 Å². The van der Waals surface area contributed by atoms with Crippen LogP contribution >= 0.6 is 0 Å². The molecule has 0 aliphatic carbocycles. The normalized spacial score (nSPS) is 14.1. The molecule has 1 amide bonds. The lowest BCUT2D eigenvalue weighted by molar-refractivity contribution is 0.0939. The molecule has 1 aliphatic rings. The predicted molar refractivity (Wildman–Crippen MR) is 101 cm³/mol. The summed E-state index contributed by atoms with van der Waals surface area (Å²) in [7, 11) is -2.31. The van der Waals surface area contributed by atoms with Gasteiger partial charge < -0.3 is 14.8 Å². The molecule has 1 atom stereocenters. The average molecular weight is 390 g/mol. The van der Waals surface area contributed by atoms with Crippen molar-refractivity contribution < 1.29 is 22.7 Å². The van der Waals surface area contributed by atoms with Crippen LogP contribution in [0, 0.1) is 13.8 Å². The molecule has 8 heteroatoms. The number of hydrogen-bond donors (Lipinski definition) is 2. The highest BCUT2D eigenvalue weighted by Crippen LogP contribution is 2.34. The highest BCUT2D eigenvalue weighted by Gasteiger charge is 2.21. The van der Waals surface area contributed by atoms with E-state index in [0.29, 0.717) is 22.6 Å². The molecule has 144 valence electrons. The van der Waals surface area contributed by atoms with Crippen LogP contribution in [0.25, 0.3) is 0 Å². The van der Waals surface area contributed by atoms with E-state index < -0.39 is 10.0 Å². The number of aryl methyl sites for hydroxylation is 1. The van der Waals surface area contributed by atoms with E-state index in [2.05, 4.69) is 10.0 Å². The fourth-order valence-electron chi connectivity index (χ4n) is 2.89. The molecule has 0 saturated carbocycles. The minimum Gasteiger partial charge on any atom is -0.454 e. The smallest absolute Gasteiger partial charge is 0.251 e. The summed E-state index contributed by atoms with van der Waals surface area (Å²) in [5.74, 6) is 0.964. The van der Waals surface area contributed by atoms with E-state index in [9.17, 15) is 13.2 Å². The lowest BCUT2D eigenvalue weighted by Crippen LogP contribution is -2.27. The van der Waals surface area contributed by atoms with Crippen molar-refractivity contribution in [3.63, 3.8) is 0 Å². The van der Waals surface area contributed by atoms with E-state index in [0.717, 1.165) is 11.1 Å². The second-order valence-corrected chi connectivity index (χ2v) is 8.29. The lowest BCUT2D eigenvalue weighted by Gasteiger charge is -2.17. The average Bonchev–Trinajstić information content (AvgIpc) is 3.11. The molecule has 3 rings (SSSR count). The summed E-state index contributed by atoms with van der Waals surface area (Å²) >= 11 is 0. The number of ether oxygens (including phenoxy) is 2. The van der Waals surface area contributed by atoms with E-state index in [-0.39, 0.29) is 23.6 Å². The summed E-state index contributed by atoms with van der Waals surface area (Å²) in [6.07, 6.45) is 0. The van der Waals surface area contributed by atoms with Crippen LogP contribution in [0.4, 0.5) is 0 Å². The van der Waals surface area contributed by atoms with Crippen molar-refractivity contribution in [1.29, 1.82) is 0 Å². The van der Waals surface area contributed by atoms with Gasteiger partial charge in [-0.15, -0.1) is 0 Å². The van der Waals surface area contributed by atoms with Crippen LogP contribution in [0.1, 0.15) is 40.0 Å². The summed E-state index contributed by atoms with van der Waals surface area (Å²) in [5, 5.41) is 2.90. The second kappa shape index (κ2) is 7.21. The van der Waals surface area contributed by atoms with Crippen molar-refractivity contribution in [3.8, 4) is 11.5 Å². The summed E-state index contributed by atoms with van der Waals surface area (Å²) in [5.41, 5.74) is 2.50. The van der Waals surface area contributed by atoms with Crippen LogP contribution in [0.3, 0.4) is 0 Å². The molecule has 0 bridgehead atoms. The van der Waals surface area contributed by atoms with Crippen LogP contribution in [0.5, 0.6) is 11.5 Å². The maximum Gasteiger partial charge on any atom is 0.251 e. The Hall–Kier alpha value is -2.58. The van der Waals surface area contributed by atoms with Crippen molar-refractivity contribution in [2.24, 2.45) is 0 Å². The SMILES string of the molecule is CNS(=O)(=O)c1cc(C(=O)NC(C)c2ccc3c(c2)OCO3)cc(C)c1C. The third kappa shape index (κ3) is 3.77. The van der Waals surface area contributed by atoms with Gasteiger partial charge in [-0.3, -0.25) is 4.79 Å². The third-order valence-corrected chi connectivity index (χ3v) is 6.22. The molecule has 27 heavy (non-hydrogen) atoms. The topological polar surface area (TPSA) is 93.7 Å². The molecule has 0 saturated heterocycles. The Labute approximate surface area is 158 Å². The Morgan fingerprint density at radius 1 is 1.11 bits per heavy atom. The Balaban J connectivity index is 1.86. The van der Waals surface area contributed by atoms with Gasteiger partial charge in [0, 0.05) is 5.56 Å². The summed E-state index contributed by atoms with van der Waals surface area (Å²) in [4.78, 5) is 12.8. The molecule has 0 radical (unpaired) electrons. The van der Waals surface area contributed by atoms with Crippen molar-refractivity contribution >= 4 is 15.9 Å². The molecule has 2 aromatic rings. The standard InChI is InChI=1S/C19H22N2O5S/c1-11-7-15(9-18(12(11)2)27(23,24)20-4)19(22)21-13(3)14-5-6-16-17(8-14)26-10-25-16/h5-9,13,20H,10H2,1-4H3,(H,21,22). The number of fused-ring (bicyclic) bond motifs is 1. The number of carbonyl (C=O) groups is 1. The number of carbonyl (C=O) groups excluding carboxylic acids is 1. The van der Waals surface area contributed by atoms with Crippen molar-refractivity contribution in [2.45, 2.75) is 31.7 Å². The first kappa shape index (κ1) is 19.2. The zero-order valence-corrected chi connectivity index (χ0v) is 16.4. The van der Waals surface area contributed by atoms with Crippen LogP contribution < -0.4 is 19.5 Å². The number of hydrogen-bond acceptors (Lipinski definition) is 5. The third-order valence-electron chi connectivity index (χ3n) is 4.68. The molecule has 2 N–H and O–H groups in total. The Bertz CT molecular complexity index is 1000. The van der Waals surface area contributed by atoms with E-state index in [1.807, 2.05) is 19.1 Å². The van der Waals surface area contributed by atoms with Gasteiger partial charge in [0.2, 0.25) is 16.8 Å². The fraction of sp³-hybridized carbons (Fsp3) is 0.316. The van der Waals surface area contributed by atoms with E-state index in [4.69, 9.17) is 9.47 Å². The zero-order valence-electron chi connectivity index (χ0n) is 15.6. The van der Waals surface area contributed by atoms with Gasteiger partial charge in [-0.25, -0.2) is 13.1 Å². The quantitative estimate of drug-likeness (QED) is 0.818. The first-order valence-corrected chi connectivity index (χ1v) is 9.96. The van der Waals surface area contributed by atoms with Gasteiger partial charge in [0.1, 0.15) is 0 Å². The monoisotopic (exact) mass is 390 g/mol. The molecular weight excluding hydrogens is 368 g/mol. The Morgan fingerprint density at radius 3 is 2.52 bits per heavy atom. The van der Waals surface area contributed by atoms with Crippen molar-refractivity contribution in [1.82, 2.24) is 10.0 Å². The van der Waals surface area contributed by atoms with E-state index >= 15 is 0 Å². The highest BCUT2D eigenvalue weighted by molar-refractivity contribution is 7.89. The number of nitrogens with one attached hydrogen (secondary N) is 2. The first-order valence-electron chi connectivity index (χ1n) is 8.48. The van der Waals surface area contributed by atoms with E-state index in [1.54, 1.807) is 26.0 Å². The van der Waals surface area contributed by atoms with Gasteiger partial charge in [0.15, 0.2) is 11.5 Å². The molecule has 7 nitrogen and oxygen atoms in total. The number of benzene rings is 2. The summed E-state index contributed by atoms with van der Waals surface area (Å²) < 4.78 is 37.4. The number of amides is 1. The minimum absolute atomic E-state index is 0.103. The molecule has 1 heterocycles. The maximum atomic E-state index is 12.7. The first-order chi connectivity index (χ1) is 12.7. The molecule has 0 aromatic heterocycles. The number of sulfonamides is 1. The molecule has 1 unspecified atom stereocenters. The summed E-state index contributed by atoms with van der Waals surface area (Å²) in [6.45, 7) is 5.53. The Kier molecular flexibility index (Phi) is 5.12. The van der Waals surface area contributed by atoms with Crippen molar-refractivity contribution in [3.05, 3.63) is 52.6 Å². The lowest BCUT2D eigenvalue weighted by atomic mass is 10.0. The Morgan fingerprint density at radius 2 is 1.81 bits per heavy atom. The maximum absolute atomic E-state index is 12.7. The molecule has 0 spiro atoms. The van der Waals surface area contributed by atoms with Crippen LogP contribution in [-0.4, -0.2) is 28.2 Å². The molecule has 1 aliphatic heterocycles. The molecule has 0 fully saturated rings. The largest absolute Gasteiger partial charge is 0.454 e. The van der Waals surface area contributed by atoms with Gasteiger partial charge in [-0.2, -0.15) is 0 Å². The van der Waals surface area contributed by atoms with Gasteiger partial charge in [0.05, 0.1) is 10.9 Å². The van der Waals surface area contributed by atoms with Gasteiger partial charge in [-0.05, 0) is 68.8 Å². The highest BCUT2D eigenvalue weighted by atomic mass is 32.2. The van der Waals surface area contributed by atoms with Crippen molar-refractivity contribution in [2.75, 3.05) is 13.8 Å². The van der Waals surface area contributed by atoms with E-state index in [1.165, 1.54) is 13.1 Å². The molecule has 2 aromatic carbocycles. The van der Waals surface area contributed by atoms with Crippen LogP contribution in [0.2, 0.25) is 0 Å². The predicted octanol–water partition coefficient (Wildman–Crippen LogP) is 2.43. The second-order valence-electron chi connectivity index (χ2n) is 6.43. The zero-order chi connectivity index (χ0) is 19.8. The van der Waals surface area contributed by atoms with Gasteiger partial charge >= 0.3 is 0 Å². The number of rotatable bonds is 5. The minimum atomic E-state index is -3.66.